The molecule has 1 heterocycles. The van der Waals surface area contributed by atoms with Crippen LogP contribution >= 0.6 is 0 Å². The van der Waals surface area contributed by atoms with Crippen molar-refractivity contribution in [3.05, 3.63) is 0 Å². The zero-order valence-electron chi connectivity index (χ0n) is 10.9. The average molecular weight is 224 g/mol. The highest BCUT2D eigenvalue weighted by Crippen LogP contribution is 2.29. The Morgan fingerprint density at radius 2 is 2.00 bits per heavy atom. The minimum absolute atomic E-state index is 0.812. The standard InChI is InChI=1S/C14H28N2/c1-2-10-16(12-13-6-7-13)11-8-14-5-3-4-9-15-14/h13-15H,2-12H2,1H3. The molecule has 1 aliphatic heterocycles. The van der Waals surface area contributed by atoms with Crippen molar-refractivity contribution in [1.82, 2.24) is 10.2 Å². The van der Waals surface area contributed by atoms with Crippen LogP contribution in [0.2, 0.25) is 0 Å². The molecule has 0 amide bonds. The minimum atomic E-state index is 0.812. The third kappa shape index (κ3) is 4.42. The summed E-state index contributed by atoms with van der Waals surface area (Å²) in [5.74, 6) is 1.05. The normalized spacial score (nSPS) is 26.2. The van der Waals surface area contributed by atoms with Gasteiger partial charge in [-0.1, -0.05) is 13.3 Å². The van der Waals surface area contributed by atoms with Crippen molar-refractivity contribution in [3.63, 3.8) is 0 Å². The van der Waals surface area contributed by atoms with E-state index in [9.17, 15) is 0 Å². The smallest absolute Gasteiger partial charge is 0.00792 e. The molecule has 2 rings (SSSR count). The van der Waals surface area contributed by atoms with E-state index in [0.29, 0.717) is 0 Å². The lowest BCUT2D eigenvalue weighted by atomic mass is 10.0. The summed E-state index contributed by atoms with van der Waals surface area (Å²) < 4.78 is 0. The molecule has 94 valence electrons. The van der Waals surface area contributed by atoms with Crippen LogP contribution in [0.5, 0.6) is 0 Å². The quantitative estimate of drug-likeness (QED) is 0.715. The molecule has 0 aromatic heterocycles. The Labute approximate surface area is 101 Å². The Bertz CT molecular complexity index is 183. The molecule has 0 spiro atoms. The Morgan fingerprint density at radius 3 is 2.62 bits per heavy atom. The molecule has 0 bridgehead atoms. The summed E-state index contributed by atoms with van der Waals surface area (Å²) in [5.41, 5.74) is 0. The lowest BCUT2D eigenvalue weighted by Crippen LogP contribution is -2.38. The van der Waals surface area contributed by atoms with Crippen LogP contribution in [-0.4, -0.2) is 37.1 Å². The second kappa shape index (κ2) is 6.61. The van der Waals surface area contributed by atoms with Crippen molar-refractivity contribution in [1.29, 1.82) is 0 Å². The van der Waals surface area contributed by atoms with Gasteiger partial charge in [0.25, 0.3) is 0 Å². The van der Waals surface area contributed by atoms with Gasteiger partial charge in [0, 0.05) is 12.6 Å². The molecule has 1 saturated heterocycles. The van der Waals surface area contributed by atoms with Gasteiger partial charge in [-0.2, -0.15) is 0 Å². The fourth-order valence-corrected chi connectivity index (χ4v) is 2.78. The second-order valence-electron chi connectivity index (χ2n) is 5.68. The second-order valence-corrected chi connectivity index (χ2v) is 5.68. The van der Waals surface area contributed by atoms with Crippen molar-refractivity contribution in [3.8, 4) is 0 Å². The van der Waals surface area contributed by atoms with Crippen molar-refractivity contribution in [2.75, 3.05) is 26.2 Å². The molecular formula is C14H28N2. The third-order valence-corrected chi connectivity index (χ3v) is 3.96. The van der Waals surface area contributed by atoms with E-state index in [-0.39, 0.29) is 0 Å². The Morgan fingerprint density at radius 1 is 1.12 bits per heavy atom. The first-order valence-corrected chi connectivity index (χ1v) is 7.34. The predicted octanol–water partition coefficient (Wildman–Crippen LogP) is 2.64. The molecule has 1 atom stereocenters. The van der Waals surface area contributed by atoms with Crippen molar-refractivity contribution >= 4 is 0 Å². The zero-order chi connectivity index (χ0) is 11.2. The molecule has 0 aromatic rings. The Balaban J connectivity index is 1.63. The van der Waals surface area contributed by atoms with Crippen molar-refractivity contribution in [2.45, 2.75) is 57.9 Å². The van der Waals surface area contributed by atoms with Crippen LogP contribution in [0.1, 0.15) is 51.9 Å². The van der Waals surface area contributed by atoms with Gasteiger partial charge in [-0.15, -0.1) is 0 Å². The van der Waals surface area contributed by atoms with E-state index >= 15 is 0 Å². The number of hydrogen-bond donors (Lipinski definition) is 1. The van der Waals surface area contributed by atoms with E-state index in [1.165, 1.54) is 71.1 Å². The van der Waals surface area contributed by atoms with Gasteiger partial charge in [-0.05, 0) is 64.1 Å². The first-order chi connectivity index (χ1) is 7.88. The van der Waals surface area contributed by atoms with Gasteiger partial charge in [-0.3, -0.25) is 0 Å². The lowest BCUT2D eigenvalue weighted by Gasteiger charge is -2.27. The number of nitrogens with zero attached hydrogens (tertiary/aromatic N) is 1. The average Bonchev–Trinajstić information content (AvgIpc) is 3.12. The highest BCUT2D eigenvalue weighted by atomic mass is 15.1. The fraction of sp³-hybridized carbons (Fsp3) is 1.00. The summed E-state index contributed by atoms with van der Waals surface area (Å²) in [6.07, 6.45) is 9.88. The molecule has 16 heavy (non-hydrogen) atoms. The molecule has 2 heteroatoms. The van der Waals surface area contributed by atoms with Crippen LogP contribution < -0.4 is 5.32 Å². The van der Waals surface area contributed by atoms with Gasteiger partial charge in [0.2, 0.25) is 0 Å². The number of nitrogens with one attached hydrogen (secondary N) is 1. The van der Waals surface area contributed by atoms with Crippen LogP contribution in [0.15, 0.2) is 0 Å². The maximum atomic E-state index is 3.66. The van der Waals surface area contributed by atoms with Crippen molar-refractivity contribution < 1.29 is 0 Å². The van der Waals surface area contributed by atoms with E-state index in [1.807, 2.05) is 0 Å². The summed E-state index contributed by atoms with van der Waals surface area (Å²) in [6, 6.07) is 0.812. The predicted molar refractivity (Wildman–Crippen MR) is 69.7 cm³/mol. The molecule has 2 nitrogen and oxygen atoms in total. The highest BCUT2D eigenvalue weighted by Gasteiger charge is 2.24. The van der Waals surface area contributed by atoms with Gasteiger partial charge < -0.3 is 10.2 Å². The molecule has 0 radical (unpaired) electrons. The molecule has 2 aliphatic rings. The Kier molecular flexibility index (Phi) is 5.11. The van der Waals surface area contributed by atoms with Gasteiger partial charge in [0.15, 0.2) is 0 Å². The molecule has 2 fully saturated rings. The van der Waals surface area contributed by atoms with Crippen molar-refractivity contribution in [2.24, 2.45) is 5.92 Å². The Hall–Kier alpha value is -0.0800. The SMILES string of the molecule is CCCN(CCC1CCCCN1)CC1CC1. The lowest BCUT2D eigenvalue weighted by molar-refractivity contribution is 0.238. The van der Waals surface area contributed by atoms with Crippen LogP contribution in [0, 0.1) is 5.92 Å². The summed E-state index contributed by atoms with van der Waals surface area (Å²) >= 11 is 0. The van der Waals surface area contributed by atoms with Gasteiger partial charge in [0.1, 0.15) is 0 Å². The van der Waals surface area contributed by atoms with E-state index < -0.39 is 0 Å². The van der Waals surface area contributed by atoms with Crippen LogP contribution in [0.3, 0.4) is 0 Å². The maximum absolute atomic E-state index is 3.66. The van der Waals surface area contributed by atoms with E-state index in [0.717, 1.165) is 12.0 Å². The number of hydrogen-bond acceptors (Lipinski definition) is 2. The monoisotopic (exact) mass is 224 g/mol. The number of rotatable bonds is 7. The van der Waals surface area contributed by atoms with Gasteiger partial charge in [0.05, 0.1) is 0 Å². The molecule has 1 unspecified atom stereocenters. The molecule has 1 saturated carbocycles. The molecular weight excluding hydrogens is 196 g/mol. The first-order valence-electron chi connectivity index (χ1n) is 7.34. The van der Waals surface area contributed by atoms with Crippen LogP contribution in [-0.2, 0) is 0 Å². The highest BCUT2D eigenvalue weighted by molar-refractivity contribution is 4.79. The van der Waals surface area contributed by atoms with Gasteiger partial charge >= 0.3 is 0 Å². The topological polar surface area (TPSA) is 15.3 Å². The van der Waals surface area contributed by atoms with Crippen LogP contribution in [0.25, 0.3) is 0 Å². The summed E-state index contributed by atoms with van der Waals surface area (Å²) in [4.78, 5) is 2.70. The zero-order valence-corrected chi connectivity index (χ0v) is 10.9. The van der Waals surface area contributed by atoms with Crippen LogP contribution in [0.4, 0.5) is 0 Å². The summed E-state index contributed by atoms with van der Waals surface area (Å²) in [7, 11) is 0. The molecule has 1 aliphatic carbocycles. The molecule has 1 N–H and O–H groups in total. The summed E-state index contributed by atoms with van der Waals surface area (Å²) in [5, 5.41) is 3.66. The minimum Gasteiger partial charge on any atom is -0.314 e. The van der Waals surface area contributed by atoms with E-state index in [2.05, 4.69) is 17.1 Å². The largest absolute Gasteiger partial charge is 0.314 e. The van der Waals surface area contributed by atoms with E-state index in [1.54, 1.807) is 0 Å². The maximum Gasteiger partial charge on any atom is 0.00792 e. The fourth-order valence-electron chi connectivity index (χ4n) is 2.78. The summed E-state index contributed by atoms with van der Waals surface area (Å²) in [6.45, 7) is 7.56. The van der Waals surface area contributed by atoms with Gasteiger partial charge in [-0.25, -0.2) is 0 Å². The number of piperidine rings is 1. The first kappa shape index (κ1) is 12.4. The van der Waals surface area contributed by atoms with E-state index in [4.69, 9.17) is 0 Å². The third-order valence-electron chi connectivity index (χ3n) is 3.96. The molecule has 0 aromatic carbocycles.